The molecule has 1 aromatic carbocycles. The number of nitrogens with zero attached hydrogens (tertiary/aromatic N) is 2. The van der Waals surface area contributed by atoms with Crippen LogP contribution in [-0.4, -0.2) is 41.4 Å². The third-order valence-electron chi connectivity index (χ3n) is 4.96. The number of ether oxygens (including phenoxy) is 2. The van der Waals surface area contributed by atoms with Crippen molar-refractivity contribution in [3.05, 3.63) is 42.2 Å². The van der Waals surface area contributed by atoms with E-state index in [0.717, 1.165) is 16.8 Å². The Kier molecular flexibility index (Phi) is 4.17. The van der Waals surface area contributed by atoms with E-state index in [2.05, 4.69) is 4.98 Å². The molecule has 0 saturated heterocycles. The zero-order chi connectivity index (χ0) is 20.3. The van der Waals surface area contributed by atoms with Gasteiger partial charge < -0.3 is 14.6 Å². The first-order valence-electron chi connectivity index (χ1n) is 8.88. The number of rotatable bonds is 3. The molecule has 1 atom stereocenters. The Morgan fingerprint density at radius 1 is 1.29 bits per heavy atom. The molecular weight excluding hydrogens is 380 g/mol. The lowest BCUT2D eigenvalue weighted by Gasteiger charge is -2.21. The second-order valence-corrected chi connectivity index (χ2v) is 10.4. The van der Waals surface area contributed by atoms with Crippen molar-refractivity contribution in [3.63, 3.8) is 0 Å². The molecule has 28 heavy (non-hydrogen) atoms. The van der Waals surface area contributed by atoms with Crippen molar-refractivity contribution in [3.8, 4) is 22.8 Å². The molecule has 0 bridgehead atoms. The predicted molar refractivity (Wildman–Crippen MR) is 105 cm³/mol. The topological polar surface area (TPSA) is 90.1 Å². The Morgan fingerprint density at radius 2 is 2.04 bits per heavy atom. The number of hydrogen-bond acceptors (Lipinski definition) is 6. The summed E-state index contributed by atoms with van der Waals surface area (Å²) in [6.07, 6.45) is 2.61. The number of aliphatic hydroxyl groups excluding tert-OH is 1. The molecular formula is C20H22N2O5S. The van der Waals surface area contributed by atoms with Crippen molar-refractivity contribution in [1.82, 2.24) is 9.38 Å². The lowest BCUT2D eigenvalue weighted by atomic mass is 10.1. The fraction of sp³-hybridized carbons (Fsp3) is 0.350. The van der Waals surface area contributed by atoms with Crippen molar-refractivity contribution in [2.75, 3.05) is 13.7 Å². The summed E-state index contributed by atoms with van der Waals surface area (Å²) in [5, 5.41) is 9.91. The monoisotopic (exact) mass is 402 g/mol. The summed E-state index contributed by atoms with van der Waals surface area (Å²) >= 11 is 0. The zero-order valence-corrected chi connectivity index (χ0v) is 16.9. The molecule has 0 aliphatic carbocycles. The van der Waals surface area contributed by atoms with Crippen LogP contribution in [0.4, 0.5) is 0 Å². The molecule has 0 saturated carbocycles. The third-order valence-corrected chi connectivity index (χ3v) is 7.45. The van der Waals surface area contributed by atoms with Crippen molar-refractivity contribution in [2.24, 2.45) is 0 Å². The highest BCUT2D eigenvalue weighted by molar-refractivity contribution is 7.92. The first-order chi connectivity index (χ1) is 13.1. The molecule has 0 radical (unpaired) electrons. The minimum atomic E-state index is -3.64. The Morgan fingerprint density at radius 3 is 2.71 bits per heavy atom. The van der Waals surface area contributed by atoms with E-state index in [9.17, 15) is 13.5 Å². The van der Waals surface area contributed by atoms with Gasteiger partial charge in [0, 0.05) is 23.4 Å². The number of methoxy groups -OCH3 is 1. The van der Waals surface area contributed by atoms with E-state index in [4.69, 9.17) is 9.47 Å². The number of fused-ring (bicyclic) bond motifs is 2. The van der Waals surface area contributed by atoms with Crippen LogP contribution in [0.3, 0.4) is 0 Å². The lowest BCUT2D eigenvalue weighted by molar-refractivity contribution is 0.140. The van der Waals surface area contributed by atoms with E-state index in [1.54, 1.807) is 43.6 Å². The summed E-state index contributed by atoms with van der Waals surface area (Å²) in [6.45, 7) is 5.20. The minimum Gasteiger partial charge on any atom is -0.495 e. The summed E-state index contributed by atoms with van der Waals surface area (Å²) in [7, 11) is -2.19. The van der Waals surface area contributed by atoms with Crippen LogP contribution in [0.2, 0.25) is 0 Å². The summed E-state index contributed by atoms with van der Waals surface area (Å²) in [4.78, 5) is 4.51. The number of pyridine rings is 1. The highest BCUT2D eigenvalue weighted by Gasteiger charge is 2.34. The maximum Gasteiger partial charge on any atom is 0.188 e. The summed E-state index contributed by atoms with van der Waals surface area (Å²) in [5.74, 6) is 0.885. The maximum absolute atomic E-state index is 13.1. The SMILES string of the molecule is COc1cc2ncc(-c3ccc4c(c3)OCC4O)n2cc1S(=O)(=O)C(C)(C)C. The van der Waals surface area contributed by atoms with Gasteiger partial charge in [0.05, 0.1) is 23.7 Å². The fourth-order valence-corrected chi connectivity index (χ4v) is 4.56. The summed E-state index contributed by atoms with van der Waals surface area (Å²) in [5.41, 5.74) is 2.84. The number of aromatic nitrogens is 2. The molecule has 4 rings (SSSR count). The van der Waals surface area contributed by atoms with Gasteiger partial charge in [0.2, 0.25) is 0 Å². The van der Waals surface area contributed by atoms with Gasteiger partial charge in [-0.25, -0.2) is 13.4 Å². The molecule has 1 unspecified atom stereocenters. The van der Waals surface area contributed by atoms with Crippen molar-refractivity contribution >= 4 is 15.5 Å². The third kappa shape index (κ3) is 2.75. The van der Waals surface area contributed by atoms with Crippen LogP contribution < -0.4 is 9.47 Å². The van der Waals surface area contributed by atoms with E-state index in [1.165, 1.54) is 7.11 Å². The van der Waals surface area contributed by atoms with Crippen molar-refractivity contribution < 1.29 is 23.0 Å². The Balaban J connectivity index is 1.92. The van der Waals surface area contributed by atoms with Gasteiger partial charge in [0.25, 0.3) is 0 Å². The summed E-state index contributed by atoms with van der Waals surface area (Å²) in [6, 6.07) is 7.13. The minimum absolute atomic E-state index is 0.113. The van der Waals surface area contributed by atoms with Crippen LogP contribution in [0.25, 0.3) is 16.9 Å². The molecule has 1 N–H and O–H groups in total. The number of benzene rings is 1. The molecule has 1 aliphatic rings. The number of hydrogen-bond donors (Lipinski definition) is 1. The van der Waals surface area contributed by atoms with Gasteiger partial charge in [0.15, 0.2) is 9.84 Å². The van der Waals surface area contributed by atoms with Gasteiger partial charge >= 0.3 is 0 Å². The number of sulfone groups is 1. The number of imidazole rings is 1. The average molecular weight is 402 g/mol. The van der Waals surface area contributed by atoms with E-state index in [-0.39, 0.29) is 17.3 Å². The Labute approximate surface area is 163 Å². The van der Waals surface area contributed by atoms with Gasteiger partial charge in [-0.15, -0.1) is 0 Å². The van der Waals surface area contributed by atoms with Crippen molar-refractivity contribution in [1.29, 1.82) is 0 Å². The molecule has 2 aromatic heterocycles. The maximum atomic E-state index is 13.1. The van der Waals surface area contributed by atoms with Crippen LogP contribution >= 0.6 is 0 Å². The molecule has 3 heterocycles. The first kappa shape index (κ1) is 18.8. The molecule has 7 nitrogen and oxygen atoms in total. The molecule has 148 valence electrons. The first-order valence-corrected chi connectivity index (χ1v) is 10.4. The van der Waals surface area contributed by atoms with Crippen LogP contribution in [0, 0.1) is 0 Å². The smallest absolute Gasteiger partial charge is 0.188 e. The Hall–Kier alpha value is -2.58. The van der Waals surface area contributed by atoms with E-state index < -0.39 is 20.7 Å². The second-order valence-electron chi connectivity index (χ2n) is 7.77. The van der Waals surface area contributed by atoms with Crippen molar-refractivity contribution in [2.45, 2.75) is 36.5 Å². The van der Waals surface area contributed by atoms with Gasteiger partial charge in [-0.05, 0) is 26.8 Å². The molecule has 8 heteroatoms. The van der Waals surface area contributed by atoms with E-state index in [1.807, 2.05) is 18.2 Å². The Bertz CT molecular complexity index is 1180. The molecule has 3 aromatic rings. The lowest BCUT2D eigenvalue weighted by Crippen LogP contribution is -2.28. The van der Waals surface area contributed by atoms with Gasteiger partial charge in [-0.2, -0.15) is 0 Å². The van der Waals surface area contributed by atoms with E-state index >= 15 is 0 Å². The number of aliphatic hydroxyl groups is 1. The fourth-order valence-electron chi connectivity index (χ4n) is 3.24. The van der Waals surface area contributed by atoms with Gasteiger partial charge in [-0.1, -0.05) is 12.1 Å². The largest absolute Gasteiger partial charge is 0.495 e. The van der Waals surface area contributed by atoms with Gasteiger partial charge in [0.1, 0.15) is 34.8 Å². The van der Waals surface area contributed by atoms with Crippen LogP contribution in [0.5, 0.6) is 11.5 Å². The zero-order valence-electron chi connectivity index (χ0n) is 16.1. The van der Waals surface area contributed by atoms with E-state index in [0.29, 0.717) is 11.4 Å². The highest BCUT2D eigenvalue weighted by atomic mass is 32.2. The van der Waals surface area contributed by atoms with Gasteiger partial charge in [-0.3, -0.25) is 4.40 Å². The highest BCUT2D eigenvalue weighted by Crippen LogP contribution is 2.37. The van der Waals surface area contributed by atoms with Crippen LogP contribution in [0.1, 0.15) is 32.4 Å². The van der Waals surface area contributed by atoms with Crippen LogP contribution in [-0.2, 0) is 9.84 Å². The molecule has 0 spiro atoms. The quantitative estimate of drug-likeness (QED) is 0.724. The van der Waals surface area contributed by atoms with Crippen LogP contribution in [0.15, 0.2) is 41.6 Å². The molecule has 1 aliphatic heterocycles. The second kappa shape index (κ2) is 6.22. The normalized spacial score (nSPS) is 16.8. The average Bonchev–Trinajstić information content (AvgIpc) is 3.22. The summed E-state index contributed by atoms with van der Waals surface area (Å²) < 4.78 is 37.8. The standard InChI is InChI=1S/C20H22N2O5S/c1-20(2,3)28(24,25)18-10-22-14(9-21-19(22)8-17(18)26-4)12-5-6-13-15(23)11-27-16(13)7-12/h5-10,15,23H,11H2,1-4H3. The molecule has 0 amide bonds. The predicted octanol–water partition coefficient (Wildman–Crippen LogP) is 3.01. The molecule has 0 fully saturated rings.